The van der Waals surface area contributed by atoms with Crippen LogP contribution in [0.15, 0.2) is 51.7 Å². The van der Waals surface area contributed by atoms with Gasteiger partial charge in [-0.2, -0.15) is 18.2 Å². The molecule has 0 atom stereocenters. The van der Waals surface area contributed by atoms with Gasteiger partial charge in [0.15, 0.2) is 0 Å². The van der Waals surface area contributed by atoms with E-state index in [0.717, 1.165) is 0 Å². The molecule has 3 aromatic rings. The molecule has 0 fully saturated rings. The monoisotopic (exact) mass is 376 g/mol. The number of hydrogen-bond acceptors (Lipinski definition) is 4. The van der Waals surface area contributed by atoms with Crippen LogP contribution in [-0.2, 0) is 6.18 Å². The van der Waals surface area contributed by atoms with Crippen molar-refractivity contribution in [2.24, 2.45) is 0 Å². The van der Waals surface area contributed by atoms with E-state index in [0.29, 0.717) is 23.2 Å². The number of H-pyrrole nitrogens is 1. The number of nitrogens with zero attached hydrogens (tertiary/aromatic N) is 1. The first-order chi connectivity index (χ1) is 12.7. The van der Waals surface area contributed by atoms with Crippen LogP contribution in [0.5, 0.6) is 0 Å². The van der Waals surface area contributed by atoms with Crippen molar-refractivity contribution in [3.05, 3.63) is 75.7 Å². The van der Waals surface area contributed by atoms with Gasteiger partial charge in [0.25, 0.3) is 0 Å². The van der Waals surface area contributed by atoms with Gasteiger partial charge in [-0.1, -0.05) is 12.1 Å². The van der Waals surface area contributed by atoms with E-state index in [1.807, 2.05) is 0 Å². The Morgan fingerprint density at radius 3 is 2.44 bits per heavy atom. The summed E-state index contributed by atoms with van der Waals surface area (Å²) in [5.41, 5.74) is -1.71. The van der Waals surface area contributed by atoms with Crippen LogP contribution in [-0.4, -0.2) is 21.0 Å². The maximum absolute atomic E-state index is 12.7. The van der Waals surface area contributed by atoms with Gasteiger partial charge >= 0.3 is 17.8 Å². The molecule has 27 heavy (non-hydrogen) atoms. The molecule has 2 aromatic heterocycles. The molecule has 0 saturated carbocycles. The van der Waals surface area contributed by atoms with Gasteiger partial charge in [0.1, 0.15) is 17.2 Å². The summed E-state index contributed by atoms with van der Waals surface area (Å²) < 4.78 is 43.7. The van der Waals surface area contributed by atoms with Gasteiger partial charge in [0.2, 0.25) is 0 Å². The summed E-state index contributed by atoms with van der Waals surface area (Å²) in [7, 11) is 0. The summed E-state index contributed by atoms with van der Waals surface area (Å²) in [5, 5.41) is 8.88. The van der Waals surface area contributed by atoms with Gasteiger partial charge in [0, 0.05) is 5.56 Å². The van der Waals surface area contributed by atoms with Crippen molar-refractivity contribution in [1.82, 2.24) is 9.97 Å². The predicted molar refractivity (Wildman–Crippen MR) is 89.9 cm³/mol. The third kappa shape index (κ3) is 4.32. The second-order valence-electron chi connectivity index (χ2n) is 5.44. The predicted octanol–water partition coefficient (Wildman–Crippen LogP) is 3.92. The molecule has 2 N–H and O–H groups in total. The van der Waals surface area contributed by atoms with Crippen molar-refractivity contribution in [2.75, 3.05) is 0 Å². The van der Waals surface area contributed by atoms with E-state index in [1.165, 1.54) is 24.3 Å². The van der Waals surface area contributed by atoms with E-state index in [9.17, 15) is 22.8 Å². The lowest BCUT2D eigenvalue weighted by molar-refractivity contribution is -0.141. The van der Waals surface area contributed by atoms with Crippen LogP contribution in [0.4, 0.5) is 13.2 Å². The molecule has 0 saturated heterocycles. The standard InChI is InChI=1S/C18H11F3N2O4/c19-18(20,21)15-9-12(22-17(26)23-15)5-6-13-7-8-14(27-13)10-1-3-11(4-2-10)16(24)25/h1-9H,(H,24,25)(H,22,23,26)/b6-5+. The average molecular weight is 376 g/mol. The van der Waals surface area contributed by atoms with Gasteiger partial charge in [0.05, 0.1) is 11.3 Å². The molecule has 0 amide bonds. The number of aromatic amines is 1. The molecule has 138 valence electrons. The Balaban J connectivity index is 1.82. The topological polar surface area (TPSA) is 96.2 Å². The number of furan rings is 1. The van der Waals surface area contributed by atoms with E-state index in [-0.39, 0.29) is 11.3 Å². The molecule has 0 aliphatic rings. The minimum atomic E-state index is -4.69. The Labute approximate surface area is 149 Å². The lowest BCUT2D eigenvalue weighted by atomic mass is 10.1. The molecule has 3 rings (SSSR count). The van der Waals surface area contributed by atoms with Gasteiger partial charge in [-0.05, 0) is 42.5 Å². The van der Waals surface area contributed by atoms with Gasteiger partial charge in [-0.25, -0.2) is 9.59 Å². The van der Waals surface area contributed by atoms with E-state index in [4.69, 9.17) is 9.52 Å². The normalized spacial score (nSPS) is 11.8. The Morgan fingerprint density at radius 2 is 1.81 bits per heavy atom. The third-order valence-corrected chi connectivity index (χ3v) is 3.53. The number of benzene rings is 1. The van der Waals surface area contributed by atoms with Gasteiger partial charge in [-0.3, -0.25) is 0 Å². The van der Waals surface area contributed by atoms with Gasteiger partial charge in [-0.15, -0.1) is 0 Å². The molecule has 0 aliphatic carbocycles. The first-order valence-corrected chi connectivity index (χ1v) is 7.52. The molecule has 0 spiro atoms. The summed E-state index contributed by atoms with van der Waals surface area (Å²) in [5.74, 6) is -0.280. The highest BCUT2D eigenvalue weighted by atomic mass is 19.4. The Kier molecular flexibility index (Phi) is 4.68. The average Bonchev–Trinajstić information content (AvgIpc) is 3.08. The molecule has 6 nitrogen and oxygen atoms in total. The highest BCUT2D eigenvalue weighted by molar-refractivity contribution is 5.88. The van der Waals surface area contributed by atoms with E-state index in [1.54, 1.807) is 29.2 Å². The fourth-order valence-corrected chi connectivity index (χ4v) is 2.26. The van der Waals surface area contributed by atoms with Crippen LogP contribution in [0.2, 0.25) is 0 Å². The number of nitrogens with one attached hydrogen (secondary N) is 1. The zero-order valence-corrected chi connectivity index (χ0v) is 13.4. The summed E-state index contributed by atoms with van der Waals surface area (Å²) in [6, 6.07) is 9.92. The number of aromatic carboxylic acids is 1. The van der Waals surface area contributed by atoms with E-state index in [2.05, 4.69) is 4.98 Å². The molecule has 0 unspecified atom stereocenters. The van der Waals surface area contributed by atoms with Crippen molar-refractivity contribution in [1.29, 1.82) is 0 Å². The molecular formula is C18H11F3N2O4. The number of carboxylic acids is 1. The van der Waals surface area contributed by atoms with E-state index >= 15 is 0 Å². The number of carboxylic acid groups (broad SMARTS) is 1. The number of carbonyl (C=O) groups is 1. The maximum atomic E-state index is 12.7. The maximum Gasteiger partial charge on any atom is 0.431 e. The second-order valence-corrected chi connectivity index (χ2v) is 5.44. The fraction of sp³-hybridized carbons (Fsp3) is 0.0556. The molecule has 0 bridgehead atoms. The molecule has 0 aliphatic heterocycles. The number of halogens is 3. The zero-order chi connectivity index (χ0) is 19.6. The minimum absolute atomic E-state index is 0.131. The Bertz CT molecular complexity index is 1060. The molecular weight excluding hydrogens is 365 g/mol. The molecule has 0 radical (unpaired) electrons. The van der Waals surface area contributed by atoms with Crippen molar-refractivity contribution in [3.63, 3.8) is 0 Å². The van der Waals surface area contributed by atoms with Crippen LogP contribution < -0.4 is 5.69 Å². The summed E-state index contributed by atoms with van der Waals surface area (Å²) >= 11 is 0. The number of rotatable bonds is 4. The summed E-state index contributed by atoms with van der Waals surface area (Å²) in [6.07, 6.45) is -2.09. The Morgan fingerprint density at radius 1 is 1.11 bits per heavy atom. The Hall–Kier alpha value is -3.62. The quantitative estimate of drug-likeness (QED) is 0.720. The second kappa shape index (κ2) is 6.94. The first-order valence-electron chi connectivity index (χ1n) is 7.52. The number of aromatic nitrogens is 2. The van der Waals surface area contributed by atoms with Crippen LogP contribution in [0.1, 0.15) is 27.5 Å². The smallest absolute Gasteiger partial charge is 0.431 e. The largest absolute Gasteiger partial charge is 0.478 e. The van der Waals surface area contributed by atoms with Crippen LogP contribution in [0.3, 0.4) is 0 Å². The highest BCUT2D eigenvalue weighted by Gasteiger charge is 2.32. The van der Waals surface area contributed by atoms with Crippen molar-refractivity contribution < 1.29 is 27.5 Å². The minimum Gasteiger partial charge on any atom is -0.478 e. The fourth-order valence-electron chi connectivity index (χ4n) is 2.26. The lowest BCUT2D eigenvalue weighted by Crippen LogP contribution is -2.19. The summed E-state index contributed by atoms with van der Waals surface area (Å²) in [4.78, 5) is 27.2. The summed E-state index contributed by atoms with van der Waals surface area (Å²) in [6.45, 7) is 0. The van der Waals surface area contributed by atoms with Crippen LogP contribution in [0, 0.1) is 0 Å². The molecule has 1 aromatic carbocycles. The van der Waals surface area contributed by atoms with Crippen molar-refractivity contribution in [3.8, 4) is 11.3 Å². The third-order valence-electron chi connectivity index (χ3n) is 3.53. The van der Waals surface area contributed by atoms with E-state index < -0.39 is 23.5 Å². The number of alkyl halides is 3. The van der Waals surface area contributed by atoms with Crippen LogP contribution in [0.25, 0.3) is 23.5 Å². The molecule has 2 heterocycles. The van der Waals surface area contributed by atoms with Crippen molar-refractivity contribution in [2.45, 2.75) is 6.18 Å². The first kappa shape index (κ1) is 18.2. The number of hydrogen-bond donors (Lipinski definition) is 2. The molecule has 9 heteroatoms. The highest BCUT2D eigenvalue weighted by Crippen LogP contribution is 2.27. The zero-order valence-electron chi connectivity index (χ0n) is 13.4. The van der Waals surface area contributed by atoms with Crippen molar-refractivity contribution >= 4 is 18.1 Å². The van der Waals surface area contributed by atoms with Crippen LogP contribution >= 0.6 is 0 Å². The van der Waals surface area contributed by atoms with Gasteiger partial charge < -0.3 is 14.5 Å². The lowest BCUT2D eigenvalue weighted by Gasteiger charge is -2.05. The SMILES string of the molecule is O=C(O)c1ccc(-c2ccc(/C=C/c3cc(C(F)(F)F)[nH]c(=O)n3)o2)cc1.